The van der Waals surface area contributed by atoms with Crippen molar-refractivity contribution in [3.63, 3.8) is 0 Å². The van der Waals surface area contributed by atoms with E-state index in [-0.39, 0.29) is 35.5 Å². The molecule has 2 atom stereocenters. The molecule has 3 aliphatic carbocycles. The predicted octanol–water partition coefficient (Wildman–Crippen LogP) is 2.80. The van der Waals surface area contributed by atoms with Crippen molar-refractivity contribution in [2.45, 2.75) is 57.5 Å². The fraction of sp³-hybridized carbons (Fsp3) is 0.583. The molecule has 32 heavy (non-hydrogen) atoms. The summed E-state index contributed by atoms with van der Waals surface area (Å²) in [5.74, 6) is -0.248. The van der Waals surface area contributed by atoms with Crippen molar-refractivity contribution in [3.8, 4) is 0 Å². The van der Waals surface area contributed by atoms with Crippen LogP contribution in [0, 0.1) is 11.3 Å². The van der Waals surface area contributed by atoms with E-state index >= 15 is 0 Å². The van der Waals surface area contributed by atoms with E-state index in [0.717, 1.165) is 42.2 Å². The molecule has 8 heteroatoms. The molecule has 4 aliphatic rings. The third-order valence-electron chi connectivity index (χ3n) is 7.55. The van der Waals surface area contributed by atoms with Crippen LogP contribution < -0.4 is 0 Å². The Labute approximate surface area is 191 Å². The number of urea groups is 1. The van der Waals surface area contributed by atoms with Crippen LogP contribution in [-0.2, 0) is 32.0 Å². The van der Waals surface area contributed by atoms with Crippen LogP contribution in [0.25, 0.3) is 0 Å². The van der Waals surface area contributed by atoms with Crippen LogP contribution in [0.4, 0.5) is 4.79 Å². The lowest BCUT2D eigenvalue weighted by Gasteiger charge is -2.36. The van der Waals surface area contributed by atoms with Crippen molar-refractivity contribution in [1.82, 2.24) is 9.80 Å². The summed E-state index contributed by atoms with van der Waals surface area (Å²) in [5, 5.41) is -0.0431. The van der Waals surface area contributed by atoms with Crippen LogP contribution in [0.3, 0.4) is 0 Å². The minimum Gasteiger partial charge on any atom is -0.465 e. The van der Waals surface area contributed by atoms with E-state index in [1.165, 1.54) is 16.7 Å². The lowest BCUT2D eigenvalue weighted by Crippen LogP contribution is -2.55. The van der Waals surface area contributed by atoms with Gasteiger partial charge < -0.3 is 9.64 Å². The van der Waals surface area contributed by atoms with Crippen molar-refractivity contribution in [2.75, 3.05) is 18.9 Å². The summed E-state index contributed by atoms with van der Waals surface area (Å²) < 4.78 is 5.11. The Morgan fingerprint density at radius 3 is 2.34 bits per heavy atom. The summed E-state index contributed by atoms with van der Waals surface area (Å²) in [6.07, 6.45) is 4.14. The molecule has 1 aliphatic heterocycles. The maximum absolute atomic E-state index is 13.9. The number of nitrogens with zero attached hydrogens (tertiary/aromatic N) is 2. The van der Waals surface area contributed by atoms with Gasteiger partial charge >= 0.3 is 12.0 Å². The van der Waals surface area contributed by atoms with Gasteiger partial charge in [-0.2, -0.15) is 0 Å². The van der Waals surface area contributed by atoms with Gasteiger partial charge in [-0.15, -0.1) is 0 Å². The molecular weight excluding hydrogens is 428 g/mol. The summed E-state index contributed by atoms with van der Waals surface area (Å²) in [4.78, 5) is 54.6. The molecule has 1 heterocycles. The number of carbonyl (C=O) groups is 4. The Bertz CT molecular complexity index is 979. The summed E-state index contributed by atoms with van der Waals surface area (Å²) >= 11 is 1.15. The van der Waals surface area contributed by atoms with Crippen LogP contribution >= 0.6 is 11.8 Å². The third kappa shape index (κ3) is 3.43. The molecule has 0 aromatic heterocycles. The van der Waals surface area contributed by atoms with Gasteiger partial charge in [0.05, 0.1) is 12.1 Å². The second kappa shape index (κ2) is 7.61. The highest BCUT2D eigenvalue weighted by molar-refractivity contribution is 8.13. The molecule has 5 rings (SSSR count). The number of benzene rings is 1. The minimum atomic E-state index is -0.804. The molecule has 1 aromatic rings. The van der Waals surface area contributed by atoms with Crippen molar-refractivity contribution in [1.29, 1.82) is 0 Å². The Kier molecular flexibility index (Phi) is 5.11. The number of thioether (sulfide) groups is 1. The van der Waals surface area contributed by atoms with Gasteiger partial charge in [0.1, 0.15) is 12.6 Å². The molecule has 2 saturated carbocycles. The first kappa shape index (κ1) is 21.5. The summed E-state index contributed by atoms with van der Waals surface area (Å²) in [6, 6.07) is 6.92. The molecule has 3 amide bonds. The maximum atomic E-state index is 13.9. The quantitative estimate of drug-likeness (QED) is 0.463. The highest BCUT2D eigenvalue weighted by atomic mass is 32.2. The van der Waals surface area contributed by atoms with Crippen molar-refractivity contribution >= 4 is 34.8 Å². The second-order valence-electron chi connectivity index (χ2n) is 9.63. The highest BCUT2D eigenvalue weighted by Crippen LogP contribution is 2.72. The Hall–Kier alpha value is -2.35. The van der Waals surface area contributed by atoms with Gasteiger partial charge in [-0.3, -0.25) is 19.3 Å². The van der Waals surface area contributed by atoms with Gasteiger partial charge in [-0.1, -0.05) is 36.0 Å². The number of hydrogen-bond acceptors (Lipinski definition) is 6. The fourth-order valence-corrected chi connectivity index (χ4v) is 6.55. The summed E-state index contributed by atoms with van der Waals surface area (Å²) in [6.45, 7) is 3.24. The first-order chi connectivity index (χ1) is 15.3. The van der Waals surface area contributed by atoms with E-state index in [1.807, 2.05) is 24.3 Å². The summed E-state index contributed by atoms with van der Waals surface area (Å²) in [7, 11) is 0. The molecule has 2 unspecified atom stereocenters. The molecule has 3 fully saturated rings. The Morgan fingerprint density at radius 1 is 1.16 bits per heavy atom. The first-order valence-corrected chi connectivity index (χ1v) is 12.3. The number of fused-ring (bicyclic) bond motifs is 1. The van der Waals surface area contributed by atoms with Gasteiger partial charge in [-0.25, -0.2) is 4.79 Å². The van der Waals surface area contributed by atoms with Crippen molar-refractivity contribution < 1.29 is 23.9 Å². The van der Waals surface area contributed by atoms with Crippen molar-refractivity contribution in [3.05, 3.63) is 35.4 Å². The van der Waals surface area contributed by atoms with E-state index in [4.69, 9.17) is 4.74 Å². The third-order valence-corrected chi connectivity index (χ3v) is 8.64. The topological polar surface area (TPSA) is 84.0 Å². The number of rotatable bonds is 7. The predicted molar refractivity (Wildman–Crippen MR) is 119 cm³/mol. The molecule has 170 valence electrons. The van der Waals surface area contributed by atoms with Gasteiger partial charge in [0, 0.05) is 12.7 Å². The normalized spacial score (nSPS) is 26.4. The summed E-state index contributed by atoms with van der Waals surface area (Å²) in [5.41, 5.74) is 1.58. The first-order valence-electron chi connectivity index (χ1n) is 11.3. The van der Waals surface area contributed by atoms with Crippen LogP contribution in [0.5, 0.6) is 0 Å². The minimum absolute atomic E-state index is 0.0431. The van der Waals surface area contributed by atoms with E-state index in [1.54, 1.807) is 6.92 Å². The van der Waals surface area contributed by atoms with E-state index in [9.17, 15) is 19.2 Å². The monoisotopic (exact) mass is 456 g/mol. The zero-order chi connectivity index (χ0) is 22.7. The fourth-order valence-electron chi connectivity index (χ4n) is 5.74. The number of ether oxygens (including phenoxy) is 1. The van der Waals surface area contributed by atoms with Gasteiger partial charge in [0.2, 0.25) is 0 Å². The lowest BCUT2D eigenvalue weighted by molar-refractivity contribution is -0.144. The number of esters is 1. The molecule has 1 spiro atoms. The van der Waals surface area contributed by atoms with Crippen LogP contribution in [-0.4, -0.2) is 63.3 Å². The van der Waals surface area contributed by atoms with Crippen LogP contribution in [0.15, 0.2) is 24.3 Å². The van der Waals surface area contributed by atoms with E-state index in [0.29, 0.717) is 18.6 Å². The Morgan fingerprint density at radius 2 is 1.81 bits per heavy atom. The van der Waals surface area contributed by atoms with Gasteiger partial charge in [-0.05, 0) is 61.5 Å². The molecule has 7 nitrogen and oxygen atoms in total. The highest BCUT2D eigenvalue weighted by Gasteiger charge is 2.71. The molecule has 0 bridgehead atoms. The maximum Gasteiger partial charge on any atom is 0.328 e. The average molecular weight is 457 g/mol. The molecular formula is C24H28N2O5S. The lowest BCUT2D eigenvalue weighted by atomic mass is 9.95. The van der Waals surface area contributed by atoms with E-state index in [2.05, 4.69) is 0 Å². The van der Waals surface area contributed by atoms with E-state index < -0.39 is 23.6 Å². The zero-order valence-electron chi connectivity index (χ0n) is 18.5. The SMILES string of the molecule is CCOC(=O)CN1C(=O)N(C2(CSC(C)=O)Cc3ccccc3C2)C(=O)C1C1CC12CC2. The largest absolute Gasteiger partial charge is 0.465 e. The number of imide groups is 1. The Balaban J connectivity index is 1.49. The van der Waals surface area contributed by atoms with Crippen LogP contribution in [0.1, 0.15) is 44.2 Å². The van der Waals surface area contributed by atoms with Crippen molar-refractivity contribution in [2.24, 2.45) is 11.3 Å². The van der Waals surface area contributed by atoms with Gasteiger partial charge in [0.25, 0.3) is 5.91 Å². The average Bonchev–Trinajstić information content (AvgIpc) is 3.61. The molecule has 0 radical (unpaired) electrons. The molecule has 1 aromatic carbocycles. The number of carbonyl (C=O) groups excluding carboxylic acids is 4. The zero-order valence-corrected chi connectivity index (χ0v) is 19.3. The standard InChI is InChI=1S/C24H28N2O5S/c1-3-31-19(28)13-25-20(18-12-23(18)8-9-23)21(29)26(22(25)30)24(14-32-15(2)27)10-16-6-4-5-7-17(16)11-24/h4-7,18,20H,3,8-14H2,1-2H3. The smallest absolute Gasteiger partial charge is 0.328 e. The van der Waals surface area contributed by atoms with Crippen LogP contribution in [0.2, 0.25) is 0 Å². The second-order valence-corrected chi connectivity index (χ2v) is 10.8. The molecule has 1 saturated heterocycles. The number of hydrogen-bond donors (Lipinski definition) is 0. The molecule has 0 N–H and O–H groups in total. The number of amides is 3. The van der Waals surface area contributed by atoms with Gasteiger partial charge in [0.15, 0.2) is 5.12 Å².